The van der Waals surface area contributed by atoms with Gasteiger partial charge in [0.05, 0.1) is 0 Å². The lowest BCUT2D eigenvalue weighted by atomic mass is 9.70. The average molecular weight is 163 g/mol. The Kier molecular flexibility index (Phi) is 2.76. The van der Waals surface area contributed by atoms with Crippen molar-refractivity contribution >= 4 is 0 Å². The predicted octanol–water partition coefficient (Wildman–Crippen LogP) is 3.76. The Bertz CT molecular complexity index is 191. The van der Waals surface area contributed by atoms with Crippen molar-refractivity contribution in [2.24, 2.45) is 11.3 Å². The van der Waals surface area contributed by atoms with Gasteiger partial charge in [0.2, 0.25) is 0 Å². The molecule has 1 radical (unpaired) electrons. The standard InChI is InChI=1S/C12H19/c1-5-10-8-6-7-9-11(10)12(2,3)4/h6-10H,5H2,1-4H3. The van der Waals surface area contributed by atoms with Gasteiger partial charge in [-0.25, -0.2) is 0 Å². The van der Waals surface area contributed by atoms with Crippen LogP contribution >= 0.6 is 0 Å². The SMILES string of the molecule is CCC1C=CC=C[C]1C(C)(C)C. The second-order valence-electron chi connectivity index (χ2n) is 4.46. The summed E-state index contributed by atoms with van der Waals surface area (Å²) in [7, 11) is 0. The summed E-state index contributed by atoms with van der Waals surface area (Å²) in [6.07, 6.45) is 10.1. The minimum atomic E-state index is 0.321. The van der Waals surface area contributed by atoms with E-state index < -0.39 is 0 Å². The maximum absolute atomic E-state index is 2.31. The van der Waals surface area contributed by atoms with Crippen LogP contribution in [-0.2, 0) is 0 Å². The molecule has 1 rings (SSSR count). The van der Waals surface area contributed by atoms with Gasteiger partial charge in [0.1, 0.15) is 0 Å². The van der Waals surface area contributed by atoms with Gasteiger partial charge in [0.25, 0.3) is 0 Å². The zero-order chi connectivity index (χ0) is 9.19. The third-order valence-corrected chi connectivity index (χ3v) is 2.44. The Hall–Kier alpha value is -0.520. The Morgan fingerprint density at radius 2 is 1.92 bits per heavy atom. The molecule has 0 amide bonds. The Morgan fingerprint density at radius 1 is 1.25 bits per heavy atom. The summed E-state index contributed by atoms with van der Waals surface area (Å²) in [5.41, 5.74) is 0.321. The molecule has 1 aliphatic rings. The quantitative estimate of drug-likeness (QED) is 0.552. The van der Waals surface area contributed by atoms with E-state index in [9.17, 15) is 0 Å². The highest BCUT2D eigenvalue weighted by atomic mass is 14.3. The first kappa shape index (κ1) is 9.57. The molecule has 0 aliphatic heterocycles. The van der Waals surface area contributed by atoms with Crippen LogP contribution in [0.3, 0.4) is 0 Å². The van der Waals surface area contributed by atoms with Crippen LogP contribution < -0.4 is 0 Å². The van der Waals surface area contributed by atoms with Crippen LogP contribution in [0, 0.1) is 17.3 Å². The van der Waals surface area contributed by atoms with Crippen molar-refractivity contribution in [2.75, 3.05) is 0 Å². The maximum atomic E-state index is 2.31. The van der Waals surface area contributed by atoms with Crippen molar-refractivity contribution in [3.05, 3.63) is 30.2 Å². The van der Waals surface area contributed by atoms with E-state index in [4.69, 9.17) is 0 Å². The highest BCUT2D eigenvalue weighted by Crippen LogP contribution is 2.39. The Morgan fingerprint density at radius 3 is 2.33 bits per heavy atom. The molecule has 0 heterocycles. The molecule has 67 valence electrons. The lowest BCUT2D eigenvalue weighted by Crippen LogP contribution is -2.24. The average Bonchev–Trinajstić information content (AvgIpc) is 2.03. The van der Waals surface area contributed by atoms with E-state index >= 15 is 0 Å². The van der Waals surface area contributed by atoms with E-state index in [0.717, 1.165) is 0 Å². The number of allylic oxidation sites excluding steroid dienone is 4. The van der Waals surface area contributed by atoms with Crippen molar-refractivity contribution in [1.82, 2.24) is 0 Å². The van der Waals surface area contributed by atoms with Gasteiger partial charge in [-0.2, -0.15) is 0 Å². The van der Waals surface area contributed by atoms with Gasteiger partial charge < -0.3 is 0 Å². The molecule has 0 saturated carbocycles. The van der Waals surface area contributed by atoms with Crippen LogP contribution in [0.5, 0.6) is 0 Å². The van der Waals surface area contributed by atoms with Gasteiger partial charge in [0, 0.05) is 5.92 Å². The van der Waals surface area contributed by atoms with E-state index in [1.54, 1.807) is 5.92 Å². The second-order valence-corrected chi connectivity index (χ2v) is 4.46. The van der Waals surface area contributed by atoms with Gasteiger partial charge in [0.15, 0.2) is 0 Å². The fourth-order valence-electron chi connectivity index (χ4n) is 1.75. The van der Waals surface area contributed by atoms with E-state index in [1.165, 1.54) is 6.42 Å². The number of hydrogen-bond donors (Lipinski definition) is 0. The molecule has 0 bridgehead atoms. The number of hydrogen-bond acceptors (Lipinski definition) is 0. The highest BCUT2D eigenvalue weighted by molar-refractivity contribution is 5.30. The summed E-state index contributed by atoms with van der Waals surface area (Å²) in [4.78, 5) is 0. The number of rotatable bonds is 1. The third-order valence-electron chi connectivity index (χ3n) is 2.44. The van der Waals surface area contributed by atoms with Crippen LogP contribution in [0.2, 0.25) is 0 Å². The minimum Gasteiger partial charge on any atom is -0.0805 e. The molecule has 0 N–H and O–H groups in total. The van der Waals surface area contributed by atoms with Crippen molar-refractivity contribution in [2.45, 2.75) is 34.1 Å². The zero-order valence-corrected chi connectivity index (χ0v) is 8.59. The Labute approximate surface area is 76.4 Å². The molecule has 0 nitrogen and oxygen atoms in total. The summed E-state index contributed by atoms with van der Waals surface area (Å²) in [6.45, 7) is 9.11. The van der Waals surface area contributed by atoms with Gasteiger partial charge in [-0.05, 0) is 17.8 Å². The molecule has 1 aliphatic carbocycles. The summed E-state index contributed by atoms with van der Waals surface area (Å²) < 4.78 is 0. The molecule has 0 aromatic heterocycles. The molecular weight excluding hydrogens is 144 g/mol. The lowest BCUT2D eigenvalue weighted by molar-refractivity contribution is 0.389. The molecule has 12 heavy (non-hydrogen) atoms. The maximum Gasteiger partial charge on any atom is 0.00976 e. The summed E-state index contributed by atoms with van der Waals surface area (Å²) in [6, 6.07) is 0. The van der Waals surface area contributed by atoms with E-state index in [2.05, 4.69) is 52.0 Å². The molecule has 0 saturated heterocycles. The molecule has 0 aromatic rings. The van der Waals surface area contributed by atoms with E-state index in [-0.39, 0.29) is 0 Å². The normalized spacial score (nSPS) is 24.8. The van der Waals surface area contributed by atoms with Gasteiger partial charge >= 0.3 is 0 Å². The third kappa shape index (κ3) is 2.00. The molecule has 1 unspecified atom stereocenters. The van der Waals surface area contributed by atoms with E-state index in [1.807, 2.05) is 0 Å². The van der Waals surface area contributed by atoms with Crippen molar-refractivity contribution in [1.29, 1.82) is 0 Å². The molecular formula is C12H19. The van der Waals surface area contributed by atoms with Crippen LogP contribution in [-0.4, -0.2) is 0 Å². The predicted molar refractivity (Wildman–Crippen MR) is 54.8 cm³/mol. The van der Waals surface area contributed by atoms with Gasteiger partial charge in [-0.1, -0.05) is 52.0 Å². The van der Waals surface area contributed by atoms with Crippen molar-refractivity contribution in [3.8, 4) is 0 Å². The Balaban J connectivity index is 2.76. The molecule has 1 atom stereocenters. The molecule has 0 aromatic carbocycles. The fraction of sp³-hybridized carbons (Fsp3) is 0.583. The molecule has 0 fully saturated rings. The highest BCUT2D eigenvalue weighted by Gasteiger charge is 2.29. The van der Waals surface area contributed by atoms with E-state index in [0.29, 0.717) is 11.3 Å². The molecule has 0 heteroatoms. The largest absolute Gasteiger partial charge is 0.0805 e. The first-order chi connectivity index (χ1) is 5.55. The monoisotopic (exact) mass is 163 g/mol. The summed E-state index contributed by atoms with van der Waals surface area (Å²) in [5.74, 6) is 2.22. The smallest absolute Gasteiger partial charge is 0.00976 e. The van der Waals surface area contributed by atoms with Gasteiger partial charge in [-0.3, -0.25) is 0 Å². The first-order valence-corrected chi connectivity index (χ1v) is 4.78. The van der Waals surface area contributed by atoms with Gasteiger partial charge in [-0.15, -0.1) is 0 Å². The lowest BCUT2D eigenvalue weighted by Gasteiger charge is -2.34. The minimum absolute atomic E-state index is 0.321. The van der Waals surface area contributed by atoms with Crippen LogP contribution in [0.15, 0.2) is 24.3 Å². The van der Waals surface area contributed by atoms with Crippen LogP contribution in [0.4, 0.5) is 0 Å². The zero-order valence-electron chi connectivity index (χ0n) is 8.59. The summed E-state index contributed by atoms with van der Waals surface area (Å²) in [5, 5.41) is 0. The van der Waals surface area contributed by atoms with Crippen molar-refractivity contribution < 1.29 is 0 Å². The topological polar surface area (TPSA) is 0 Å². The van der Waals surface area contributed by atoms with Crippen LogP contribution in [0.1, 0.15) is 34.1 Å². The fourth-order valence-corrected chi connectivity index (χ4v) is 1.75. The first-order valence-electron chi connectivity index (χ1n) is 4.78. The van der Waals surface area contributed by atoms with Crippen molar-refractivity contribution in [3.63, 3.8) is 0 Å². The van der Waals surface area contributed by atoms with Crippen LogP contribution in [0.25, 0.3) is 0 Å². The summed E-state index contributed by atoms with van der Waals surface area (Å²) >= 11 is 0. The second kappa shape index (κ2) is 3.47. The molecule has 0 spiro atoms.